The quantitative estimate of drug-likeness (QED) is 0.796. The van der Waals surface area contributed by atoms with Crippen LogP contribution < -0.4 is 0 Å². The van der Waals surface area contributed by atoms with Crippen LogP contribution in [0.5, 0.6) is 0 Å². The molecule has 0 unspecified atom stereocenters. The summed E-state index contributed by atoms with van der Waals surface area (Å²) in [5.41, 5.74) is 0. The van der Waals surface area contributed by atoms with Crippen LogP contribution in [-0.4, -0.2) is 33.6 Å². The second kappa shape index (κ2) is 29.9. The minimum absolute atomic E-state index is 0. The van der Waals surface area contributed by atoms with Crippen LogP contribution in [0.1, 0.15) is 26.7 Å². The summed E-state index contributed by atoms with van der Waals surface area (Å²) in [7, 11) is 0. The molecule has 0 rings (SSSR count). The zero-order valence-electron chi connectivity index (χ0n) is 7.43. The number of aliphatic hydroxyl groups is 1. The molecular formula is C6H18O5Zr. The molecule has 0 bridgehead atoms. The average Bonchev–Trinajstić information content (AvgIpc) is 1.61. The van der Waals surface area contributed by atoms with Crippen molar-refractivity contribution in [2.75, 3.05) is 6.61 Å². The fraction of sp³-hybridized carbons (Fsp3) is 1.00. The zero-order valence-corrected chi connectivity index (χ0v) is 9.89. The van der Waals surface area contributed by atoms with Gasteiger partial charge < -0.3 is 27.0 Å². The first-order chi connectivity index (χ1) is 3.27. The van der Waals surface area contributed by atoms with Crippen LogP contribution in [0, 0.1) is 5.92 Å². The molecule has 76 valence electrons. The van der Waals surface area contributed by atoms with Crippen molar-refractivity contribution < 1.29 is 53.2 Å². The predicted octanol–water partition coefficient (Wildman–Crippen LogP) is 0.705. The van der Waals surface area contributed by atoms with Crippen molar-refractivity contribution >= 4 is 0 Å². The molecule has 0 heterocycles. The zero-order chi connectivity index (χ0) is 5.70. The molecule has 0 aromatic rings. The molecule has 12 heavy (non-hydrogen) atoms. The third-order valence-corrected chi connectivity index (χ3v) is 0.940. The summed E-state index contributed by atoms with van der Waals surface area (Å²) in [6.45, 7) is 4.67. The molecular weight excluding hydrogens is 243 g/mol. The fourth-order valence-electron chi connectivity index (χ4n) is 0.500. The Bertz CT molecular complexity index is 44.9. The molecule has 5 nitrogen and oxygen atoms in total. The van der Waals surface area contributed by atoms with E-state index in [0.29, 0.717) is 6.61 Å². The van der Waals surface area contributed by atoms with E-state index in [1.54, 1.807) is 0 Å². The maximum Gasteiger partial charge on any atom is 4.00 e. The molecule has 0 aliphatic heterocycles. The number of aliphatic hydroxyl groups excluding tert-OH is 1. The van der Waals surface area contributed by atoms with Crippen molar-refractivity contribution in [2.45, 2.75) is 26.7 Å². The van der Waals surface area contributed by atoms with Gasteiger partial charge in [-0.05, 0) is 18.8 Å². The molecule has 0 saturated carbocycles. The molecule has 0 atom stereocenters. The van der Waals surface area contributed by atoms with E-state index in [1.165, 1.54) is 0 Å². The van der Waals surface area contributed by atoms with Crippen molar-refractivity contribution in [1.29, 1.82) is 0 Å². The second-order valence-electron chi connectivity index (χ2n) is 2.26. The summed E-state index contributed by atoms with van der Waals surface area (Å²) in [5.74, 6) is 0.743. The van der Waals surface area contributed by atoms with E-state index in [9.17, 15) is 0 Å². The largest absolute Gasteiger partial charge is 4.00 e. The van der Waals surface area contributed by atoms with E-state index in [2.05, 4.69) is 13.8 Å². The van der Waals surface area contributed by atoms with Crippen molar-refractivity contribution in [1.82, 2.24) is 0 Å². The van der Waals surface area contributed by atoms with Crippen molar-refractivity contribution in [3.63, 3.8) is 0 Å². The van der Waals surface area contributed by atoms with Crippen LogP contribution in [0.3, 0.4) is 0 Å². The van der Waals surface area contributed by atoms with Crippen LogP contribution in [-0.2, 0) is 26.2 Å². The smallest absolute Gasteiger partial charge is 0.870 e. The molecule has 0 amide bonds. The number of hydrogen-bond donors (Lipinski definition) is 1. The summed E-state index contributed by atoms with van der Waals surface area (Å²) in [5, 5.41) is 8.32. The van der Waals surface area contributed by atoms with Crippen molar-refractivity contribution in [3.05, 3.63) is 0 Å². The third kappa shape index (κ3) is 45.7. The fourth-order valence-corrected chi connectivity index (χ4v) is 0.500. The Morgan fingerprint density at radius 1 is 1.00 bits per heavy atom. The van der Waals surface area contributed by atoms with Crippen LogP contribution >= 0.6 is 0 Å². The van der Waals surface area contributed by atoms with E-state index in [-0.39, 0.29) is 48.1 Å². The minimum atomic E-state index is 0. The van der Waals surface area contributed by atoms with Gasteiger partial charge >= 0.3 is 26.2 Å². The summed E-state index contributed by atoms with van der Waals surface area (Å²) < 4.78 is 0. The molecule has 5 N–H and O–H groups in total. The maximum absolute atomic E-state index is 8.32. The van der Waals surface area contributed by atoms with Crippen LogP contribution in [0.2, 0.25) is 0 Å². The van der Waals surface area contributed by atoms with Gasteiger partial charge in [0.25, 0.3) is 0 Å². The van der Waals surface area contributed by atoms with Gasteiger partial charge in [-0.1, -0.05) is 13.8 Å². The Morgan fingerprint density at radius 3 is 1.42 bits per heavy atom. The molecule has 0 saturated heterocycles. The average molecular weight is 261 g/mol. The number of hydrogen-bond acceptors (Lipinski definition) is 5. The third-order valence-electron chi connectivity index (χ3n) is 0.940. The molecule has 0 aliphatic rings. The molecule has 0 spiro atoms. The predicted molar refractivity (Wildman–Crippen MR) is 38.9 cm³/mol. The molecule has 0 aromatic carbocycles. The Balaban J connectivity index is -0.0000000180. The van der Waals surface area contributed by atoms with E-state index >= 15 is 0 Å². The Kier molecular flexibility index (Phi) is 96.4. The molecule has 0 fully saturated rings. The first-order valence-corrected chi connectivity index (χ1v) is 2.88. The summed E-state index contributed by atoms with van der Waals surface area (Å²) in [6, 6.07) is 0. The molecule has 6 heteroatoms. The summed E-state index contributed by atoms with van der Waals surface area (Å²) in [6.07, 6.45) is 2.11. The minimum Gasteiger partial charge on any atom is -0.870 e. The van der Waals surface area contributed by atoms with Gasteiger partial charge in [0.05, 0.1) is 0 Å². The first kappa shape index (κ1) is 38.8. The Hall–Kier alpha value is 0.683. The van der Waals surface area contributed by atoms with Crippen LogP contribution in [0.15, 0.2) is 0 Å². The van der Waals surface area contributed by atoms with Gasteiger partial charge in [-0.3, -0.25) is 0 Å². The Morgan fingerprint density at radius 2 is 1.33 bits per heavy atom. The van der Waals surface area contributed by atoms with E-state index in [0.717, 1.165) is 18.8 Å². The number of rotatable bonds is 3. The van der Waals surface area contributed by atoms with E-state index < -0.39 is 0 Å². The molecule has 0 aromatic heterocycles. The Labute approximate surface area is 92.5 Å². The summed E-state index contributed by atoms with van der Waals surface area (Å²) >= 11 is 0. The van der Waals surface area contributed by atoms with Crippen molar-refractivity contribution in [2.24, 2.45) is 5.92 Å². The normalized spacial score (nSPS) is 6.00. The van der Waals surface area contributed by atoms with Gasteiger partial charge in [-0.15, -0.1) is 0 Å². The molecule has 0 radical (unpaired) electrons. The van der Waals surface area contributed by atoms with Crippen LogP contribution in [0.4, 0.5) is 0 Å². The van der Waals surface area contributed by atoms with Gasteiger partial charge in [-0.25, -0.2) is 0 Å². The van der Waals surface area contributed by atoms with Gasteiger partial charge in [0.15, 0.2) is 0 Å². The second-order valence-corrected chi connectivity index (χ2v) is 2.26. The molecule has 0 aliphatic carbocycles. The van der Waals surface area contributed by atoms with Crippen LogP contribution in [0.25, 0.3) is 0 Å². The van der Waals surface area contributed by atoms with E-state index in [1.807, 2.05) is 0 Å². The SMILES string of the molecule is CC(C)CCCO.[OH-].[OH-].[OH-].[OH-].[Zr+4]. The summed E-state index contributed by atoms with van der Waals surface area (Å²) in [4.78, 5) is 0. The van der Waals surface area contributed by atoms with Gasteiger partial charge in [0.1, 0.15) is 0 Å². The van der Waals surface area contributed by atoms with Gasteiger partial charge in [0.2, 0.25) is 0 Å². The van der Waals surface area contributed by atoms with Crippen molar-refractivity contribution in [3.8, 4) is 0 Å². The standard InChI is InChI=1S/C6H14O.4H2O.Zr/c1-6(2)4-3-5-7;;;;;/h6-7H,3-5H2,1-2H3;4*1H2;/q;;;;;+4/p-4. The maximum atomic E-state index is 8.32. The monoisotopic (exact) mass is 260 g/mol. The van der Waals surface area contributed by atoms with Gasteiger partial charge in [-0.2, -0.15) is 0 Å². The topological polar surface area (TPSA) is 140 Å². The van der Waals surface area contributed by atoms with Gasteiger partial charge in [0, 0.05) is 6.61 Å². The first-order valence-electron chi connectivity index (χ1n) is 2.88. The van der Waals surface area contributed by atoms with E-state index in [4.69, 9.17) is 5.11 Å².